The molecule has 31 heavy (non-hydrogen) atoms. The maximum atomic E-state index is 12.6. The predicted octanol–water partition coefficient (Wildman–Crippen LogP) is 2.02. The molecule has 0 saturated carbocycles. The van der Waals surface area contributed by atoms with Gasteiger partial charge in [0, 0.05) is 52.4 Å². The van der Waals surface area contributed by atoms with E-state index in [9.17, 15) is 14.7 Å². The molecular formula is C23H30N4O3S. The highest BCUT2D eigenvalue weighted by Gasteiger charge is 2.24. The fourth-order valence-corrected chi connectivity index (χ4v) is 4.96. The predicted molar refractivity (Wildman–Crippen MR) is 121 cm³/mol. The van der Waals surface area contributed by atoms with Crippen molar-refractivity contribution in [3.05, 3.63) is 57.8 Å². The summed E-state index contributed by atoms with van der Waals surface area (Å²) in [5, 5.41) is 15.2. The lowest BCUT2D eigenvalue weighted by atomic mass is 10.00. The number of nitrogens with zero attached hydrogens (tertiary/aromatic N) is 3. The largest absolute Gasteiger partial charge is 0.390 e. The van der Waals surface area contributed by atoms with Crippen molar-refractivity contribution in [3.63, 3.8) is 0 Å². The number of β-amino-alcohol motifs (C(OH)–C–C–N with tert-alkyl or cyclic N) is 1. The Balaban J connectivity index is 1.20. The van der Waals surface area contributed by atoms with Crippen molar-refractivity contribution in [3.8, 4) is 0 Å². The van der Waals surface area contributed by atoms with Crippen LogP contribution >= 0.6 is 11.3 Å². The van der Waals surface area contributed by atoms with E-state index in [-0.39, 0.29) is 18.5 Å². The summed E-state index contributed by atoms with van der Waals surface area (Å²) < 4.78 is 0. The van der Waals surface area contributed by atoms with Crippen LogP contribution < -0.4 is 5.32 Å². The molecule has 2 aliphatic rings. The van der Waals surface area contributed by atoms with Gasteiger partial charge in [0.15, 0.2) is 0 Å². The van der Waals surface area contributed by atoms with Crippen molar-refractivity contribution in [1.82, 2.24) is 20.0 Å². The maximum Gasteiger partial charge on any atom is 0.317 e. The van der Waals surface area contributed by atoms with Crippen LogP contribution in [0.4, 0.5) is 4.79 Å². The quantitative estimate of drug-likeness (QED) is 0.743. The number of carbonyl (C=O) groups excluding carboxylic acids is 2. The molecule has 2 aromatic rings. The van der Waals surface area contributed by atoms with Crippen LogP contribution in [0.5, 0.6) is 0 Å². The number of aliphatic hydroxyl groups excluding tert-OH is 1. The Kier molecular flexibility index (Phi) is 7.21. The van der Waals surface area contributed by atoms with Crippen LogP contribution in [0.25, 0.3) is 0 Å². The van der Waals surface area contributed by atoms with E-state index >= 15 is 0 Å². The van der Waals surface area contributed by atoms with Gasteiger partial charge in [-0.1, -0.05) is 30.3 Å². The highest BCUT2D eigenvalue weighted by atomic mass is 32.1. The summed E-state index contributed by atoms with van der Waals surface area (Å²) in [5.41, 5.74) is 2.70. The number of fused-ring (bicyclic) bond motifs is 1. The second kappa shape index (κ2) is 10.3. The number of rotatable bonds is 5. The Bertz CT molecular complexity index is 889. The molecule has 8 heteroatoms. The van der Waals surface area contributed by atoms with Gasteiger partial charge in [-0.3, -0.25) is 9.69 Å². The van der Waals surface area contributed by atoms with E-state index in [0.29, 0.717) is 32.7 Å². The number of aliphatic hydroxyl groups is 1. The number of urea groups is 1. The van der Waals surface area contributed by atoms with Gasteiger partial charge in [0.05, 0.1) is 11.0 Å². The summed E-state index contributed by atoms with van der Waals surface area (Å²) >= 11 is 1.44. The first-order valence-corrected chi connectivity index (χ1v) is 11.8. The third-order valence-electron chi connectivity index (χ3n) is 5.97. The van der Waals surface area contributed by atoms with E-state index in [2.05, 4.69) is 34.5 Å². The first-order valence-electron chi connectivity index (χ1n) is 10.9. The monoisotopic (exact) mass is 442 g/mol. The van der Waals surface area contributed by atoms with Crippen LogP contribution in [-0.4, -0.2) is 83.7 Å². The molecule has 0 unspecified atom stereocenters. The SMILES string of the molecule is O=C(NC[C@H](O)CN1CCc2ccccc2C1)N1CCCN(C(=O)c2cccs2)CC1. The summed E-state index contributed by atoms with van der Waals surface area (Å²) in [6.45, 7) is 4.81. The molecule has 7 nitrogen and oxygen atoms in total. The lowest BCUT2D eigenvalue weighted by Gasteiger charge is -2.30. The smallest absolute Gasteiger partial charge is 0.317 e. The van der Waals surface area contributed by atoms with Crippen molar-refractivity contribution in [1.29, 1.82) is 0 Å². The molecule has 1 atom stereocenters. The van der Waals surface area contributed by atoms with Gasteiger partial charge in [0.2, 0.25) is 0 Å². The number of thiophene rings is 1. The van der Waals surface area contributed by atoms with Crippen molar-refractivity contribution in [2.45, 2.75) is 25.5 Å². The topological polar surface area (TPSA) is 76.1 Å². The minimum absolute atomic E-state index is 0.0378. The summed E-state index contributed by atoms with van der Waals surface area (Å²) in [5.74, 6) is 0.0378. The number of hydrogen-bond donors (Lipinski definition) is 2. The van der Waals surface area contributed by atoms with Gasteiger partial charge in [0.25, 0.3) is 5.91 Å². The number of amides is 3. The summed E-state index contributed by atoms with van der Waals surface area (Å²) in [4.78, 5) is 31.7. The molecule has 1 saturated heterocycles. The van der Waals surface area contributed by atoms with Gasteiger partial charge in [-0.2, -0.15) is 0 Å². The normalized spacial score (nSPS) is 18.2. The summed E-state index contributed by atoms with van der Waals surface area (Å²) in [6.07, 6.45) is 1.13. The van der Waals surface area contributed by atoms with Gasteiger partial charge in [-0.15, -0.1) is 11.3 Å². The molecule has 0 aliphatic carbocycles. The molecule has 4 rings (SSSR count). The van der Waals surface area contributed by atoms with Crippen LogP contribution in [0.1, 0.15) is 27.2 Å². The van der Waals surface area contributed by atoms with Crippen molar-refractivity contribution in [2.75, 3.05) is 45.8 Å². The Morgan fingerprint density at radius 2 is 1.77 bits per heavy atom. The van der Waals surface area contributed by atoms with Gasteiger partial charge in [-0.25, -0.2) is 4.79 Å². The van der Waals surface area contributed by atoms with E-state index in [1.165, 1.54) is 22.5 Å². The molecule has 0 radical (unpaired) electrons. The first-order chi connectivity index (χ1) is 15.1. The van der Waals surface area contributed by atoms with Crippen molar-refractivity contribution in [2.24, 2.45) is 0 Å². The van der Waals surface area contributed by atoms with Crippen LogP contribution in [-0.2, 0) is 13.0 Å². The van der Waals surface area contributed by atoms with Gasteiger partial charge in [0.1, 0.15) is 0 Å². The van der Waals surface area contributed by atoms with Crippen LogP contribution in [0.3, 0.4) is 0 Å². The molecule has 3 amide bonds. The zero-order chi connectivity index (χ0) is 21.6. The van der Waals surface area contributed by atoms with E-state index in [0.717, 1.165) is 30.8 Å². The summed E-state index contributed by atoms with van der Waals surface area (Å²) in [7, 11) is 0. The molecule has 2 aliphatic heterocycles. The van der Waals surface area contributed by atoms with E-state index < -0.39 is 6.10 Å². The zero-order valence-electron chi connectivity index (χ0n) is 17.7. The number of nitrogens with one attached hydrogen (secondary N) is 1. The molecule has 3 heterocycles. The average Bonchev–Trinajstić information content (AvgIpc) is 3.21. The van der Waals surface area contributed by atoms with Gasteiger partial charge >= 0.3 is 6.03 Å². The molecule has 166 valence electrons. The molecule has 0 bridgehead atoms. The molecule has 0 spiro atoms. The van der Waals surface area contributed by atoms with Crippen molar-refractivity contribution < 1.29 is 14.7 Å². The van der Waals surface area contributed by atoms with E-state index in [1.807, 2.05) is 22.4 Å². The van der Waals surface area contributed by atoms with Gasteiger partial charge in [-0.05, 0) is 35.4 Å². The third-order valence-corrected chi connectivity index (χ3v) is 6.83. The van der Waals surface area contributed by atoms with Crippen molar-refractivity contribution >= 4 is 23.3 Å². The Hall–Kier alpha value is -2.42. The zero-order valence-corrected chi connectivity index (χ0v) is 18.5. The number of carbonyl (C=O) groups is 2. The first kappa shape index (κ1) is 21.8. The highest BCUT2D eigenvalue weighted by Crippen LogP contribution is 2.18. The maximum absolute atomic E-state index is 12.6. The Labute approximate surface area is 187 Å². The summed E-state index contributed by atoms with van der Waals surface area (Å²) in [6, 6.07) is 12.0. The third kappa shape index (κ3) is 5.64. The van der Waals surface area contributed by atoms with E-state index in [4.69, 9.17) is 0 Å². The van der Waals surface area contributed by atoms with E-state index in [1.54, 1.807) is 4.90 Å². The van der Waals surface area contributed by atoms with Crippen LogP contribution in [0, 0.1) is 0 Å². The Morgan fingerprint density at radius 1 is 1.00 bits per heavy atom. The minimum Gasteiger partial charge on any atom is -0.390 e. The molecule has 1 aromatic heterocycles. The van der Waals surface area contributed by atoms with Gasteiger partial charge < -0.3 is 20.2 Å². The van der Waals surface area contributed by atoms with Crippen LogP contribution in [0.15, 0.2) is 41.8 Å². The number of benzene rings is 1. The molecular weight excluding hydrogens is 412 g/mol. The lowest BCUT2D eigenvalue weighted by Crippen LogP contribution is -2.47. The molecule has 2 N–H and O–H groups in total. The minimum atomic E-state index is -0.613. The fourth-order valence-electron chi connectivity index (χ4n) is 4.27. The average molecular weight is 443 g/mol. The molecule has 1 aromatic carbocycles. The highest BCUT2D eigenvalue weighted by molar-refractivity contribution is 7.12. The standard InChI is InChI=1S/C23H30N4O3S/c28-20(17-25-11-8-18-5-1-2-6-19(18)16-25)15-24-23(30)27-10-4-9-26(12-13-27)22(29)21-7-3-14-31-21/h1-3,5-7,14,20,28H,4,8-13,15-17H2,(H,24,30)/t20-/m0/s1. The number of hydrogen-bond acceptors (Lipinski definition) is 5. The lowest BCUT2D eigenvalue weighted by molar-refractivity contribution is 0.0767. The molecule has 1 fully saturated rings. The second-order valence-electron chi connectivity index (χ2n) is 8.20. The Morgan fingerprint density at radius 3 is 2.58 bits per heavy atom. The fraction of sp³-hybridized carbons (Fsp3) is 0.478. The van der Waals surface area contributed by atoms with Crippen LogP contribution in [0.2, 0.25) is 0 Å². The second-order valence-corrected chi connectivity index (χ2v) is 9.15.